The van der Waals surface area contributed by atoms with Gasteiger partial charge in [0.1, 0.15) is 5.01 Å². The number of nitrogen functional groups attached to an aromatic ring is 1. The summed E-state index contributed by atoms with van der Waals surface area (Å²) in [6.45, 7) is 2.12. The Labute approximate surface area is 127 Å². The number of thiazole rings is 1. The molecule has 4 N–H and O–H groups in total. The van der Waals surface area contributed by atoms with E-state index in [-0.39, 0.29) is 11.9 Å². The quantitative estimate of drug-likeness (QED) is 0.758. The number of anilines is 3. The van der Waals surface area contributed by atoms with Gasteiger partial charge < -0.3 is 16.4 Å². The maximum Gasteiger partial charge on any atom is 0.224 e. The molecule has 0 saturated carbocycles. The molecule has 0 aliphatic carbocycles. The van der Waals surface area contributed by atoms with E-state index in [4.69, 9.17) is 5.73 Å². The number of nitrogens with one attached hydrogen (secondary N) is 2. The molecule has 6 heteroatoms. The van der Waals surface area contributed by atoms with Gasteiger partial charge in [0.2, 0.25) is 5.91 Å². The van der Waals surface area contributed by atoms with E-state index < -0.39 is 0 Å². The summed E-state index contributed by atoms with van der Waals surface area (Å²) in [5.74, 6) is 0.0526. The van der Waals surface area contributed by atoms with Crippen molar-refractivity contribution in [1.29, 1.82) is 0 Å². The Kier molecular flexibility index (Phi) is 3.79. The fraction of sp³-hybridized carbons (Fsp3) is 0.333. The molecule has 5 nitrogen and oxygen atoms in total. The SMILES string of the molecule is CCC(Nc1cc2c(cc1N)NC(=O)CC2)c1nccs1. The number of amides is 1. The van der Waals surface area contributed by atoms with Crippen LogP contribution in [0.3, 0.4) is 0 Å². The highest BCUT2D eigenvalue weighted by Crippen LogP contribution is 2.33. The molecular weight excluding hydrogens is 284 g/mol. The van der Waals surface area contributed by atoms with E-state index in [9.17, 15) is 4.79 Å². The van der Waals surface area contributed by atoms with Crippen molar-refractivity contribution in [3.8, 4) is 0 Å². The number of nitrogens with two attached hydrogens (primary N) is 1. The molecule has 1 atom stereocenters. The first-order valence-corrected chi connectivity index (χ1v) is 7.93. The third-order valence-electron chi connectivity index (χ3n) is 3.66. The van der Waals surface area contributed by atoms with Crippen molar-refractivity contribution in [3.05, 3.63) is 34.3 Å². The largest absolute Gasteiger partial charge is 0.397 e. The van der Waals surface area contributed by atoms with Gasteiger partial charge in [-0.2, -0.15) is 0 Å². The Balaban J connectivity index is 1.87. The summed E-state index contributed by atoms with van der Waals surface area (Å²) in [6.07, 6.45) is 4.03. The minimum Gasteiger partial charge on any atom is -0.397 e. The lowest BCUT2D eigenvalue weighted by Gasteiger charge is -2.22. The molecule has 0 saturated heterocycles. The maximum atomic E-state index is 11.4. The van der Waals surface area contributed by atoms with Crippen LogP contribution < -0.4 is 16.4 Å². The molecule has 0 bridgehead atoms. The summed E-state index contributed by atoms with van der Waals surface area (Å²) in [5, 5.41) is 9.37. The van der Waals surface area contributed by atoms with Gasteiger partial charge in [0.15, 0.2) is 0 Å². The first-order chi connectivity index (χ1) is 10.2. The van der Waals surface area contributed by atoms with E-state index in [1.165, 1.54) is 0 Å². The molecule has 3 rings (SSSR count). The lowest BCUT2D eigenvalue weighted by molar-refractivity contribution is -0.116. The van der Waals surface area contributed by atoms with Gasteiger partial charge in [0.05, 0.1) is 17.4 Å². The molecule has 110 valence electrons. The van der Waals surface area contributed by atoms with Gasteiger partial charge in [-0.15, -0.1) is 11.3 Å². The van der Waals surface area contributed by atoms with Crippen molar-refractivity contribution in [2.45, 2.75) is 32.2 Å². The molecule has 2 aromatic rings. The van der Waals surface area contributed by atoms with Crippen LogP contribution in [-0.2, 0) is 11.2 Å². The van der Waals surface area contributed by atoms with Gasteiger partial charge in [0.25, 0.3) is 0 Å². The first-order valence-electron chi connectivity index (χ1n) is 7.05. The lowest BCUT2D eigenvalue weighted by atomic mass is 10.0. The second kappa shape index (κ2) is 5.73. The van der Waals surface area contributed by atoms with Gasteiger partial charge in [-0.05, 0) is 30.5 Å². The fourth-order valence-electron chi connectivity index (χ4n) is 2.50. The van der Waals surface area contributed by atoms with Crippen LogP contribution in [0, 0.1) is 0 Å². The number of carbonyl (C=O) groups is 1. The van der Waals surface area contributed by atoms with Crippen molar-refractivity contribution in [3.63, 3.8) is 0 Å². The van der Waals surface area contributed by atoms with Crippen LogP contribution >= 0.6 is 11.3 Å². The summed E-state index contributed by atoms with van der Waals surface area (Å²) in [6, 6.07) is 4.03. The van der Waals surface area contributed by atoms with E-state index in [1.807, 2.05) is 23.7 Å². The number of rotatable bonds is 4. The van der Waals surface area contributed by atoms with Crippen molar-refractivity contribution in [2.75, 3.05) is 16.4 Å². The molecular formula is C15H18N4OS. The monoisotopic (exact) mass is 302 g/mol. The van der Waals surface area contributed by atoms with Crippen LogP contribution in [0.5, 0.6) is 0 Å². The summed E-state index contributed by atoms with van der Waals surface area (Å²) in [5.41, 5.74) is 9.62. The Morgan fingerprint density at radius 3 is 3.05 bits per heavy atom. The second-order valence-electron chi connectivity index (χ2n) is 5.12. The minimum atomic E-state index is 0.0526. The summed E-state index contributed by atoms with van der Waals surface area (Å²) in [4.78, 5) is 15.8. The molecule has 2 heterocycles. The molecule has 1 amide bonds. The first kappa shape index (κ1) is 13.9. The van der Waals surface area contributed by atoms with Crippen molar-refractivity contribution in [1.82, 2.24) is 4.98 Å². The Hall–Kier alpha value is -2.08. The van der Waals surface area contributed by atoms with Crippen LogP contribution in [-0.4, -0.2) is 10.9 Å². The molecule has 1 aliphatic heterocycles. The highest BCUT2D eigenvalue weighted by molar-refractivity contribution is 7.09. The van der Waals surface area contributed by atoms with Gasteiger partial charge in [0, 0.05) is 23.7 Å². The van der Waals surface area contributed by atoms with Gasteiger partial charge in [-0.1, -0.05) is 6.92 Å². The average molecular weight is 302 g/mol. The normalized spacial score (nSPS) is 15.2. The van der Waals surface area contributed by atoms with Crippen molar-refractivity contribution < 1.29 is 4.79 Å². The zero-order chi connectivity index (χ0) is 14.8. The predicted octanol–water partition coefficient (Wildman–Crippen LogP) is 3.17. The van der Waals surface area contributed by atoms with E-state index in [2.05, 4.69) is 22.5 Å². The zero-order valence-electron chi connectivity index (χ0n) is 11.8. The van der Waals surface area contributed by atoms with E-state index in [0.717, 1.165) is 34.8 Å². The smallest absolute Gasteiger partial charge is 0.224 e. The van der Waals surface area contributed by atoms with E-state index >= 15 is 0 Å². The lowest BCUT2D eigenvalue weighted by Crippen LogP contribution is -2.20. The third kappa shape index (κ3) is 2.85. The molecule has 1 aromatic carbocycles. The topological polar surface area (TPSA) is 80.0 Å². The highest BCUT2D eigenvalue weighted by Gasteiger charge is 2.18. The van der Waals surface area contributed by atoms with Crippen LogP contribution in [0.25, 0.3) is 0 Å². The average Bonchev–Trinajstić information content (AvgIpc) is 2.99. The molecule has 0 radical (unpaired) electrons. The Bertz CT molecular complexity index is 654. The van der Waals surface area contributed by atoms with E-state index in [0.29, 0.717) is 12.1 Å². The van der Waals surface area contributed by atoms with Gasteiger partial charge in [-0.25, -0.2) is 4.98 Å². The van der Waals surface area contributed by atoms with Crippen LogP contribution in [0.2, 0.25) is 0 Å². The molecule has 1 aromatic heterocycles. The summed E-state index contributed by atoms with van der Waals surface area (Å²) >= 11 is 1.64. The number of fused-ring (bicyclic) bond motifs is 1. The summed E-state index contributed by atoms with van der Waals surface area (Å²) in [7, 11) is 0. The van der Waals surface area contributed by atoms with Crippen LogP contribution in [0.15, 0.2) is 23.7 Å². The number of hydrogen-bond donors (Lipinski definition) is 3. The Morgan fingerprint density at radius 1 is 1.48 bits per heavy atom. The number of benzene rings is 1. The van der Waals surface area contributed by atoms with Crippen molar-refractivity contribution in [2.24, 2.45) is 0 Å². The summed E-state index contributed by atoms with van der Waals surface area (Å²) < 4.78 is 0. The molecule has 0 fully saturated rings. The van der Waals surface area contributed by atoms with Crippen LogP contribution in [0.4, 0.5) is 17.1 Å². The Morgan fingerprint density at radius 2 is 2.33 bits per heavy atom. The second-order valence-corrected chi connectivity index (χ2v) is 6.05. The highest BCUT2D eigenvalue weighted by atomic mass is 32.1. The number of nitrogens with zero attached hydrogens (tertiary/aromatic N) is 1. The number of hydrogen-bond acceptors (Lipinski definition) is 5. The molecule has 1 aliphatic rings. The standard InChI is InChI=1S/C15H18N4OS/c1-2-11(15-17-5-6-21-15)18-13-7-9-3-4-14(20)19-12(9)8-10(13)16/h5-8,11,18H,2-4,16H2,1H3,(H,19,20). The number of carbonyl (C=O) groups excluding carboxylic acids is 1. The number of aryl methyl sites for hydroxylation is 1. The minimum absolute atomic E-state index is 0.0526. The predicted molar refractivity (Wildman–Crippen MR) is 86.6 cm³/mol. The van der Waals surface area contributed by atoms with Gasteiger partial charge in [-0.3, -0.25) is 4.79 Å². The fourth-order valence-corrected chi connectivity index (χ4v) is 3.28. The van der Waals surface area contributed by atoms with E-state index in [1.54, 1.807) is 11.3 Å². The van der Waals surface area contributed by atoms with Crippen molar-refractivity contribution >= 4 is 34.3 Å². The maximum absolute atomic E-state index is 11.4. The number of aromatic nitrogens is 1. The van der Waals surface area contributed by atoms with Gasteiger partial charge >= 0.3 is 0 Å². The third-order valence-corrected chi connectivity index (χ3v) is 4.55. The van der Waals surface area contributed by atoms with Crippen LogP contribution in [0.1, 0.15) is 36.4 Å². The molecule has 0 spiro atoms. The molecule has 1 unspecified atom stereocenters. The zero-order valence-corrected chi connectivity index (χ0v) is 12.7. The molecule has 21 heavy (non-hydrogen) atoms.